The van der Waals surface area contributed by atoms with E-state index in [4.69, 9.17) is 0 Å². The number of benzene rings is 4. The van der Waals surface area contributed by atoms with Crippen molar-refractivity contribution in [1.82, 2.24) is 0 Å². The zero-order valence-corrected chi connectivity index (χ0v) is 21.3. The first-order chi connectivity index (χ1) is 17.9. The summed E-state index contributed by atoms with van der Waals surface area (Å²) >= 11 is 0. The molecule has 1 fully saturated rings. The number of hydrogen-bond donors (Lipinski definition) is 1. The summed E-state index contributed by atoms with van der Waals surface area (Å²) in [5.74, 6) is -1.50. The molecule has 1 aliphatic heterocycles. The number of aliphatic hydroxyl groups is 1. The fourth-order valence-electron chi connectivity index (χ4n) is 5.23. The molecule has 1 aliphatic rings. The molecular weight excluding hydrogens is 460 g/mol. The molecule has 0 aliphatic carbocycles. The minimum Gasteiger partial charge on any atom is -0.507 e. The number of hydrogen-bond acceptors (Lipinski definition) is 4. The van der Waals surface area contributed by atoms with Gasteiger partial charge in [-0.2, -0.15) is 0 Å². The zero-order valence-electron chi connectivity index (χ0n) is 21.3. The normalized spacial score (nSPS) is 16.9. The largest absolute Gasteiger partial charge is 0.507 e. The highest BCUT2D eigenvalue weighted by Crippen LogP contribution is 2.43. The lowest BCUT2D eigenvalue weighted by atomic mass is 9.93. The third kappa shape index (κ3) is 4.27. The molecule has 5 nitrogen and oxygen atoms in total. The second-order valence-corrected chi connectivity index (χ2v) is 9.30. The van der Waals surface area contributed by atoms with Gasteiger partial charge in [0.05, 0.1) is 11.6 Å². The molecular formula is C32H30N2O3. The number of anilines is 2. The quantitative estimate of drug-likeness (QED) is 0.187. The standard InChI is InChI=1S/C32H30N2O3/c1-4-33(5-2)24-18-16-23(17-19-24)29-28(30(35)27-15-9-12-22-11-6-7-14-26(22)27)31(36)32(37)34(29)25-13-8-10-21(3)20-25/h6-20,29,35H,4-5H2,1-3H3/b30-28-. The molecule has 4 aromatic rings. The summed E-state index contributed by atoms with van der Waals surface area (Å²) in [6.07, 6.45) is 0. The number of rotatable bonds is 6. The predicted octanol–water partition coefficient (Wildman–Crippen LogP) is 6.62. The second kappa shape index (κ2) is 9.94. The summed E-state index contributed by atoms with van der Waals surface area (Å²) in [5, 5.41) is 13.4. The van der Waals surface area contributed by atoms with Gasteiger partial charge in [-0.15, -0.1) is 0 Å². The predicted molar refractivity (Wildman–Crippen MR) is 150 cm³/mol. The van der Waals surface area contributed by atoms with E-state index in [1.165, 1.54) is 4.90 Å². The third-order valence-corrected chi connectivity index (χ3v) is 7.11. The Kier molecular flexibility index (Phi) is 6.53. The van der Waals surface area contributed by atoms with Crippen LogP contribution in [0.3, 0.4) is 0 Å². The lowest BCUT2D eigenvalue weighted by Gasteiger charge is -2.27. The van der Waals surface area contributed by atoms with E-state index in [0.717, 1.165) is 40.7 Å². The molecule has 5 heteroatoms. The molecule has 0 saturated carbocycles. The summed E-state index contributed by atoms with van der Waals surface area (Å²) in [6, 6.07) is 28.0. The number of aryl methyl sites for hydroxylation is 1. The Morgan fingerprint density at radius 3 is 2.24 bits per heavy atom. The van der Waals surface area contributed by atoms with Crippen LogP contribution in [-0.4, -0.2) is 29.9 Å². The van der Waals surface area contributed by atoms with E-state index in [1.807, 2.05) is 91.9 Å². The van der Waals surface area contributed by atoms with Crippen LogP contribution in [0.4, 0.5) is 11.4 Å². The molecule has 0 radical (unpaired) electrons. The van der Waals surface area contributed by atoms with E-state index < -0.39 is 17.7 Å². The van der Waals surface area contributed by atoms with Gasteiger partial charge in [-0.25, -0.2) is 0 Å². The fraction of sp³-hybridized carbons (Fsp3) is 0.188. The number of amides is 1. The van der Waals surface area contributed by atoms with Crippen LogP contribution < -0.4 is 9.80 Å². The van der Waals surface area contributed by atoms with Crippen LogP contribution in [0.1, 0.15) is 36.6 Å². The summed E-state index contributed by atoms with van der Waals surface area (Å²) in [7, 11) is 0. The molecule has 1 saturated heterocycles. The number of carbonyl (C=O) groups is 2. The lowest BCUT2D eigenvalue weighted by Crippen LogP contribution is -2.29. The molecule has 1 atom stereocenters. The lowest BCUT2D eigenvalue weighted by molar-refractivity contribution is -0.132. The van der Waals surface area contributed by atoms with Gasteiger partial charge in [-0.1, -0.05) is 66.7 Å². The van der Waals surface area contributed by atoms with Crippen LogP contribution >= 0.6 is 0 Å². The molecule has 1 unspecified atom stereocenters. The van der Waals surface area contributed by atoms with Crippen molar-refractivity contribution in [2.24, 2.45) is 0 Å². The van der Waals surface area contributed by atoms with E-state index in [1.54, 1.807) is 6.07 Å². The Morgan fingerprint density at radius 2 is 1.54 bits per heavy atom. The van der Waals surface area contributed by atoms with Gasteiger partial charge in [0.2, 0.25) is 0 Å². The molecule has 37 heavy (non-hydrogen) atoms. The first-order valence-corrected chi connectivity index (χ1v) is 12.6. The number of ketones is 1. The van der Waals surface area contributed by atoms with Gasteiger partial charge in [0.1, 0.15) is 5.76 Å². The highest BCUT2D eigenvalue weighted by atomic mass is 16.3. The van der Waals surface area contributed by atoms with Crippen molar-refractivity contribution < 1.29 is 14.7 Å². The monoisotopic (exact) mass is 490 g/mol. The summed E-state index contributed by atoms with van der Waals surface area (Å²) < 4.78 is 0. The maximum absolute atomic E-state index is 13.6. The Bertz CT molecular complexity index is 1510. The van der Waals surface area contributed by atoms with Crippen LogP contribution in [-0.2, 0) is 9.59 Å². The zero-order chi connectivity index (χ0) is 26.1. The maximum atomic E-state index is 13.6. The van der Waals surface area contributed by atoms with E-state index in [-0.39, 0.29) is 11.3 Å². The highest BCUT2D eigenvalue weighted by Gasteiger charge is 2.47. The van der Waals surface area contributed by atoms with Crippen molar-refractivity contribution in [2.75, 3.05) is 22.9 Å². The average molecular weight is 491 g/mol. The summed E-state index contributed by atoms with van der Waals surface area (Å²) in [6.45, 7) is 7.91. The van der Waals surface area contributed by atoms with Gasteiger partial charge in [0.25, 0.3) is 11.7 Å². The fourth-order valence-corrected chi connectivity index (χ4v) is 5.23. The average Bonchev–Trinajstić information content (AvgIpc) is 3.19. The third-order valence-electron chi connectivity index (χ3n) is 7.11. The van der Waals surface area contributed by atoms with E-state index in [2.05, 4.69) is 18.7 Å². The van der Waals surface area contributed by atoms with Crippen LogP contribution in [0.5, 0.6) is 0 Å². The first kappa shape index (κ1) is 24.3. The number of aliphatic hydroxyl groups excluding tert-OH is 1. The number of fused-ring (bicyclic) bond motifs is 1. The van der Waals surface area contributed by atoms with Crippen molar-refractivity contribution in [3.8, 4) is 0 Å². The van der Waals surface area contributed by atoms with Gasteiger partial charge in [-0.05, 0) is 66.9 Å². The molecule has 5 rings (SSSR count). The maximum Gasteiger partial charge on any atom is 0.300 e. The second-order valence-electron chi connectivity index (χ2n) is 9.30. The van der Waals surface area contributed by atoms with Crippen molar-refractivity contribution in [3.63, 3.8) is 0 Å². The van der Waals surface area contributed by atoms with Gasteiger partial charge in [0, 0.05) is 30.0 Å². The molecule has 186 valence electrons. The SMILES string of the molecule is CCN(CC)c1ccc(C2/C(=C(/O)c3cccc4ccccc34)C(=O)C(=O)N2c2cccc(C)c2)cc1. The highest BCUT2D eigenvalue weighted by molar-refractivity contribution is 6.51. The van der Waals surface area contributed by atoms with E-state index in [0.29, 0.717) is 11.3 Å². The van der Waals surface area contributed by atoms with Crippen LogP contribution in [0, 0.1) is 6.92 Å². The molecule has 1 N–H and O–H groups in total. The molecule has 0 aromatic heterocycles. The van der Waals surface area contributed by atoms with Crippen molar-refractivity contribution in [3.05, 3.63) is 113 Å². The van der Waals surface area contributed by atoms with Crippen LogP contribution in [0.25, 0.3) is 16.5 Å². The molecule has 0 spiro atoms. The molecule has 4 aromatic carbocycles. The number of nitrogens with zero attached hydrogens (tertiary/aromatic N) is 2. The summed E-state index contributed by atoms with van der Waals surface area (Å²) in [5.41, 5.74) is 4.05. The van der Waals surface area contributed by atoms with Crippen molar-refractivity contribution in [1.29, 1.82) is 0 Å². The molecule has 1 heterocycles. The molecule has 0 bridgehead atoms. The topological polar surface area (TPSA) is 60.9 Å². The van der Waals surface area contributed by atoms with Crippen molar-refractivity contribution in [2.45, 2.75) is 26.8 Å². The Morgan fingerprint density at radius 1 is 0.865 bits per heavy atom. The first-order valence-electron chi connectivity index (χ1n) is 12.6. The number of carbonyl (C=O) groups excluding carboxylic acids is 2. The van der Waals surface area contributed by atoms with Crippen molar-refractivity contribution >= 4 is 39.6 Å². The van der Waals surface area contributed by atoms with E-state index in [9.17, 15) is 14.7 Å². The van der Waals surface area contributed by atoms with Crippen LogP contribution in [0.15, 0.2) is 96.6 Å². The van der Waals surface area contributed by atoms with Gasteiger partial charge >= 0.3 is 0 Å². The minimum atomic E-state index is -0.758. The smallest absolute Gasteiger partial charge is 0.300 e. The van der Waals surface area contributed by atoms with Crippen LogP contribution in [0.2, 0.25) is 0 Å². The number of Topliss-reactive ketones (excluding diaryl/α,β-unsaturated/α-hetero) is 1. The Hall–Kier alpha value is -4.38. The summed E-state index contributed by atoms with van der Waals surface area (Å²) in [4.78, 5) is 30.8. The minimum absolute atomic E-state index is 0.0958. The molecule has 1 amide bonds. The Balaban J connectivity index is 1.73. The van der Waals surface area contributed by atoms with Gasteiger partial charge in [-0.3, -0.25) is 14.5 Å². The van der Waals surface area contributed by atoms with E-state index >= 15 is 0 Å². The Labute approximate surface area is 217 Å². The van der Waals surface area contributed by atoms with Gasteiger partial charge in [0.15, 0.2) is 0 Å². The van der Waals surface area contributed by atoms with Gasteiger partial charge < -0.3 is 10.0 Å².